The van der Waals surface area contributed by atoms with Gasteiger partial charge in [-0.15, -0.1) is 0 Å². The van der Waals surface area contributed by atoms with Crippen molar-refractivity contribution in [2.24, 2.45) is 0 Å². The van der Waals surface area contributed by atoms with Gasteiger partial charge in [-0.25, -0.2) is 0 Å². The highest BCUT2D eigenvalue weighted by molar-refractivity contribution is 5.46. The van der Waals surface area contributed by atoms with Crippen molar-refractivity contribution in [1.82, 2.24) is 0 Å². The van der Waals surface area contributed by atoms with Gasteiger partial charge in [0.05, 0.1) is 6.61 Å². The highest BCUT2D eigenvalue weighted by Crippen LogP contribution is 2.15. The first-order chi connectivity index (χ1) is 7.80. The molecular weight excluding hydrogens is 198 g/mol. The first-order valence-electron chi connectivity index (χ1n) is 6.14. The molecule has 1 N–H and O–H groups in total. The molecule has 0 aliphatic heterocycles. The third kappa shape index (κ3) is 4.23. The van der Waals surface area contributed by atoms with Gasteiger partial charge < -0.3 is 10.1 Å². The Hall–Kier alpha value is -1.02. The fourth-order valence-electron chi connectivity index (χ4n) is 1.88. The molecule has 16 heavy (non-hydrogen) atoms. The molecule has 0 aliphatic carbocycles. The minimum absolute atomic E-state index is 0.586. The Balaban J connectivity index is 2.60. The smallest absolute Gasteiger partial charge is 0.0713 e. The molecule has 0 heterocycles. The Labute approximate surface area is 99.0 Å². The summed E-state index contributed by atoms with van der Waals surface area (Å²) in [6.45, 7) is 5.14. The second-order valence-corrected chi connectivity index (χ2v) is 4.17. The van der Waals surface area contributed by atoms with E-state index in [2.05, 4.69) is 43.4 Å². The topological polar surface area (TPSA) is 21.3 Å². The van der Waals surface area contributed by atoms with Crippen molar-refractivity contribution in [3.05, 3.63) is 29.8 Å². The summed E-state index contributed by atoms with van der Waals surface area (Å²) in [5.74, 6) is 0. The van der Waals surface area contributed by atoms with Gasteiger partial charge in [0, 0.05) is 18.8 Å². The van der Waals surface area contributed by atoms with Gasteiger partial charge in [0.15, 0.2) is 0 Å². The molecule has 1 atom stereocenters. The summed E-state index contributed by atoms with van der Waals surface area (Å²) in [6.07, 6.45) is 3.62. The molecule has 0 fully saturated rings. The third-order valence-corrected chi connectivity index (χ3v) is 2.74. The second-order valence-electron chi connectivity index (χ2n) is 4.17. The summed E-state index contributed by atoms with van der Waals surface area (Å²) in [5, 5.41) is 3.57. The van der Waals surface area contributed by atoms with Gasteiger partial charge in [-0.05, 0) is 30.5 Å². The van der Waals surface area contributed by atoms with E-state index in [1.54, 1.807) is 7.11 Å². The van der Waals surface area contributed by atoms with Crippen LogP contribution >= 0.6 is 0 Å². The summed E-state index contributed by atoms with van der Waals surface area (Å²) in [7, 11) is 1.73. The lowest BCUT2D eigenvalue weighted by Gasteiger charge is -2.18. The fourth-order valence-corrected chi connectivity index (χ4v) is 1.88. The largest absolute Gasteiger partial charge is 0.382 e. The summed E-state index contributed by atoms with van der Waals surface area (Å²) >= 11 is 0. The summed E-state index contributed by atoms with van der Waals surface area (Å²) in [6, 6.07) is 9.05. The van der Waals surface area contributed by atoms with Crippen LogP contribution in [0.3, 0.4) is 0 Å². The first-order valence-corrected chi connectivity index (χ1v) is 6.14. The molecule has 0 aromatic heterocycles. The summed E-state index contributed by atoms with van der Waals surface area (Å²) < 4.78 is 5.13. The molecule has 1 aromatic rings. The van der Waals surface area contributed by atoms with Crippen molar-refractivity contribution >= 4 is 5.69 Å². The Bertz CT molecular complexity index is 299. The molecule has 1 aromatic carbocycles. The maximum atomic E-state index is 5.13. The molecule has 0 saturated heterocycles. The zero-order valence-electron chi connectivity index (χ0n) is 10.6. The van der Waals surface area contributed by atoms with Gasteiger partial charge in [0.25, 0.3) is 0 Å². The van der Waals surface area contributed by atoms with Crippen molar-refractivity contribution in [3.8, 4) is 0 Å². The number of ether oxygens (including phenoxy) is 1. The predicted molar refractivity (Wildman–Crippen MR) is 69.8 cm³/mol. The Kier molecular flexibility index (Phi) is 5.94. The van der Waals surface area contributed by atoms with Gasteiger partial charge in [-0.2, -0.15) is 0 Å². The molecular formula is C14H23NO. The zero-order valence-corrected chi connectivity index (χ0v) is 10.6. The van der Waals surface area contributed by atoms with Gasteiger partial charge in [-0.1, -0.05) is 32.4 Å². The summed E-state index contributed by atoms with van der Waals surface area (Å²) in [5.41, 5.74) is 2.42. The zero-order chi connectivity index (χ0) is 11.8. The Morgan fingerprint density at radius 1 is 1.31 bits per heavy atom. The van der Waals surface area contributed by atoms with Crippen molar-refractivity contribution < 1.29 is 4.74 Å². The number of nitrogens with one attached hydrogen (secondary N) is 1. The number of hydrogen-bond acceptors (Lipinski definition) is 2. The normalized spacial score (nSPS) is 12.4. The molecule has 1 rings (SSSR count). The number of hydrogen-bond donors (Lipinski definition) is 1. The van der Waals surface area contributed by atoms with Gasteiger partial charge >= 0.3 is 0 Å². The molecule has 2 nitrogen and oxygen atoms in total. The van der Waals surface area contributed by atoms with Crippen LogP contribution in [0.4, 0.5) is 5.69 Å². The van der Waals surface area contributed by atoms with Crippen LogP contribution in [0.2, 0.25) is 0 Å². The van der Waals surface area contributed by atoms with Crippen LogP contribution < -0.4 is 5.32 Å². The fraction of sp³-hybridized carbons (Fsp3) is 0.571. The third-order valence-electron chi connectivity index (χ3n) is 2.74. The van der Waals surface area contributed by atoms with E-state index < -0.39 is 0 Å². The molecule has 1 unspecified atom stereocenters. The molecule has 2 heteroatoms. The summed E-state index contributed by atoms with van der Waals surface area (Å²) in [4.78, 5) is 0. The monoisotopic (exact) mass is 221 g/mol. The average Bonchev–Trinajstić information content (AvgIpc) is 2.29. The van der Waals surface area contributed by atoms with Crippen LogP contribution in [0, 0.1) is 0 Å². The number of methoxy groups -OCH3 is 1. The minimum atomic E-state index is 0.586. The van der Waals surface area contributed by atoms with E-state index in [1.807, 2.05) is 0 Å². The quantitative estimate of drug-likeness (QED) is 0.755. The first kappa shape index (κ1) is 13.0. The highest BCUT2D eigenvalue weighted by Gasteiger charge is 2.04. The predicted octanol–water partition coefficient (Wildman–Crippen LogP) is 3.82. The standard InChI is InChI=1S/C14H23NO/c1-4-7-13(5-2)15-14-9-6-8-12(10-14)11-16-3/h6,8-10,13,15H,4-5,7,11H2,1-3H3. The number of rotatable bonds is 7. The van der Waals surface area contributed by atoms with E-state index in [9.17, 15) is 0 Å². The van der Waals surface area contributed by atoms with Crippen molar-refractivity contribution in [3.63, 3.8) is 0 Å². The lowest BCUT2D eigenvalue weighted by Crippen LogP contribution is -2.17. The molecule has 90 valence electrons. The van der Waals surface area contributed by atoms with E-state index in [1.165, 1.54) is 30.5 Å². The van der Waals surface area contributed by atoms with Crippen molar-refractivity contribution in [2.75, 3.05) is 12.4 Å². The Morgan fingerprint density at radius 3 is 2.75 bits per heavy atom. The highest BCUT2D eigenvalue weighted by atomic mass is 16.5. The molecule has 0 radical (unpaired) electrons. The molecule has 0 bridgehead atoms. The van der Waals surface area contributed by atoms with E-state index in [-0.39, 0.29) is 0 Å². The van der Waals surface area contributed by atoms with Crippen LogP contribution in [0.25, 0.3) is 0 Å². The maximum Gasteiger partial charge on any atom is 0.0713 e. The maximum absolute atomic E-state index is 5.13. The van der Waals surface area contributed by atoms with Crippen molar-refractivity contribution in [2.45, 2.75) is 45.8 Å². The minimum Gasteiger partial charge on any atom is -0.382 e. The Morgan fingerprint density at radius 2 is 2.12 bits per heavy atom. The average molecular weight is 221 g/mol. The lowest BCUT2D eigenvalue weighted by atomic mass is 10.1. The van der Waals surface area contributed by atoms with Gasteiger partial charge in [-0.3, -0.25) is 0 Å². The van der Waals surface area contributed by atoms with Gasteiger partial charge in [0.2, 0.25) is 0 Å². The van der Waals surface area contributed by atoms with Crippen LogP contribution in [0.15, 0.2) is 24.3 Å². The number of benzene rings is 1. The molecule has 0 spiro atoms. The van der Waals surface area contributed by atoms with E-state index >= 15 is 0 Å². The van der Waals surface area contributed by atoms with Crippen LogP contribution in [-0.4, -0.2) is 13.2 Å². The van der Waals surface area contributed by atoms with E-state index in [4.69, 9.17) is 4.74 Å². The van der Waals surface area contributed by atoms with E-state index in [0.717, 1.165) is 0 Å². The van der Waals surface area contributed by atoms with Crippen molar-refractivity contribution in [1.29, 1.82) is 0 Å². The van der Waals surface area contributed by atoms with Crippen LogP contribution in [0.1, 0.15) is 38.7 Å². The second kappa shape index (κ2) is 7.29. The van der Waals surface area contributed by atoms with E-state index in [0.29, 0.717) is 12.6 Å². The molecule has 0 saturated carbocycles. The van der Waals surface area contributed by atoms with Crippen LogP contribution in [-0.2, 0) is 11.3 Å². The molecule has 0 amide bonds. The van der Waals surface area contributed by atoms with Gasteiger partial charge in [0.1, 0.15) is 0 Å². The number of anilines is 1. The van der Waals surface area contributed by atoms with Crippen LogP contribution in [0.5, 0.6) is 0 Å². The SMILES string of the molecule is CCCC(CC)Nc1cccc(COC)c1. The lowest BCUT2D eigenvalue weighted by molar-refractivity contribution is 0.185. The molecule has 0 aliphatic rings.